The molecule has 0 aromatic carbocycles. The van der Waals surface area contributed by atoms with E-state index in [0.717, 1.165) is 12.8 Å². The highest BCUT2D eigenvalue weighted by Gasteiger charge is 2.28. The van der Waals surface area contributed by atoms with Crippen LogP contribution in [0.15, 0.2) is 0 Å². The Morgan fingerprint density at radius 1 is 1.25 bits per heavy atom. The molecule has 3 heteroatoms. The molecule has 0 atom stereocenters. The SMILES string of the molecule is CC1(C)CCC(NC(=O)OC(C)(C)C)CC1. The van der Waals surface area contributed by atoms with Gasteiger partial charge in [0.25, 0.3) is 0 Å². The quantitative estimate of drug-likeness (QED) is 0.744. The minimum atomic E-state index is -0.405. The van der Waals surface area contributed by atoms with Gasteiger partial charge < -0.3 is 10.1 Å². The number of hydrogen-bond acceptors (Lipinski definition) is 2. The third kappa shape index (κ3) is 4.86. The summed E-state index contributed by atoms with van der Waals surface area (Å²) in [4.78, 5) is 11.6. The second-order valence-electron chi connectivity index (χ2n) is 6.58. The fourth-order valence-electron chi connectivity index (χ4n) is 2.02. The smallest absolute Gasteiger partial charge is 0.407 e. The summed E-state index contributed by atoms with van der Waals surface area (Å²) in [6, 6.07) is 0.294. The van der Waals surface area contributed by atoms with E-state index in [1.165, 1.54) is 12.8 Å². The summed E-state index contributed by atoms with van der Waals surface area (Å²) >= 11 is 0. The Bertz CT molecular complexity index is 243. The minimum absolute atomic E-state index is 0.280. The fraction of sp³-hybridized carbons (Fsp3) is 0.923. The summed E-state index contributed by atoms with van der Waals surface area (Å²) in [7, 11) is 0. The topological polar surface area (TPSA) is 38.3 Å². The van der Waals surface area contributed by atoms with E-state index in [4.69, 9.17) is 4.74 Å². The first kappa shape index (κ1) is 13.3. The highest BCUT2D eigenvalue weighted by molar-refractivity contribution is 5.68. The van der Waals surface area contributed by atoms with Gasteiger partial charge in [-0.25, -0.2) is 4.79 Å². The molecule has 1 N–H and O–H groups in total. The van der Waals surface area contributed by atoms with Gasteiger partial charge in [-0.1, -0.05) is 13.8 Å². The number of carbonyl (C=O) groups is 1. The number of nitrogens with one attached hydrogen (secondary N) is 1. The first-order valence-corrected chi connectivity index (χ1v) is 6.17. The van der Waals surface area contributed by atoms with Crippen molar-refractivity contribution in [3.05, 3.63) is 0 Å². The van der Waals surface area contributed by atoms with Crippen LogP contribution in [0.3, 0.4) is 0 Å². The molecule has 0 bridgehead atoms. The molecule has 0 aromatic heterocycles. The lowest BCUT2D eigenvalue weighted by Gasteiger charge is -2.34. The third-order valence-electron chi connectivity index (χ3n) is 3.06. The van der Waals surface area contributed by atoms with E-state index < -0.39 is 5.60 Å². The maximum absolute atomic E-state index is 11.6. The summed E-state index contributed by atoms with van der Waals surface area (Å²) in [6.07, 6.45) is 4.19. The molecule has 1 aliphatic carbocycles. The van der Waals surface area contributed by atoms with Crippen molar-refractivity contribution in [3.63, 3.8) is 0 Å². The number of alkyl carbamates (subject to hydrolysis) is 1. The zero-order chi connectivity index (χ0) is 12.4. The molecule has 1 rings (SSSR count). The Hall–Kier alpha value is -0.730. The molecule has 1 amide bonds. The van der Waals surface area contributed by atoms with Gasteiger partial charge in [-0.2, -0.15) is 0 Å². The lowest BCUT2D eigenvalue weighted by molar-refractivity contribution is 0.0476. The Morgan fingerprint density at radius 3 is 2.19 bits per heavy atom. The predicted molar refractivity (Wildman–Crippen MR) is 65.4 cm³/mol. The Morgan fingerprint density at radius 2 is 1.75 bits per heavy atom. The number of rotatable bonds is 1. The van der Waals surface area contributed by atoms with Crippen molar-refractivity contribution < 1.29 is 9.53 Å². The van der Waals surface area contributed by atoms with Crippen molar-refractivity contribution in [2.75, 3.05) is 0 Å². The van der Waals surface area contributed by atoms with Crippen LogP contribution in [0.25, 0.3) is 0 Å². The summed E-state index contributed by atoms with van der Waals surface area (Å²) in [5, 5.41) is 2.95. The summed E-state index contributed by atoms with van der Waals surface area (Å²) in [5.41, 5.74) is 0.0319. The van der Waals surface area contributed by atoms with Gasteiger partial charge in [-0.05, 0) is 51.9 Å². The maximum Gasteiger partial charge on any atom is 0.407 e. The monoisotopic (exact) mass is 227 g/mol. The van der Waals surface area contributed by atoms with E-state index >= 15 is 0 Å². The van der Waals surface area contributed by atoms with Crippen LogP contribution < -0.4 is 5.32 Å². The van der Waals surface area contributed by atoms with Crippen LogP contribution in [0.2, 0.25) is 0 Å². The molecule has 0 aliphatic heterocycles. The zero-order valence-corrected chi connectivity index (χ0v) is 11.2. The van der Waals surface area contributed by atoms with Crippen LogP contribution in [0.5, 0.6) is 0 Å². The molecular weight excluding hydrogens is 202 g/mol. The van der Waals surface area contributed by atoms with E-state index in [-0.39, 0.29) is 6.09 Å². The molecule has 1 fully saturated rings. The third-order valence-corrected chi connectivity index (χ3v) is 3.06. The molecule has 0 aromatic rings. The van der Waals surface area contributed by atoms with Crippen LogP contribution >= 0.6 is 0 Å². The molecule has 1 saturated carbocycles. The van der Waals surface area contributed by atoms with Crippen LogP contribution in [0.4, 0.5) is 4.79 Å². The molecule has 3 nitrogen and oxygen atoms in total. The van der Waals surface area contributed by atoms with E-state index in [2.05, 4.69) is 19.2 Å². The first-order chi connectivity index (χ1) is 7.18. The van der Waals surface area contributed by atoms with E-state index in [1.807, 2.05) is 20.8 Å². The van der Waals surface area contributed by atoms with Crippen molar-refractivity contribution in [2.24, 2.45) is 5.41 Å². The molecule has 94 valence electrons. The average Bonchev–Trinajstić information content (AvgIpc) is 2.05. The Labute approximate surface area is 98.9 Å². The highest BCUT2D eigenvalue weighted by atomic mass is 16.6. The molecule has 0 heterocycles. The second kappa shape index (κ2) is 4.64. The Balaban J connectivity index is 2.32. The predicted octanol–water partition coefficient (Wildman–Crippen LogP) is 3.48. The van der Waals surface area contributed by atoms with E-state index in [9.17, 15) is 4.79 Å². The van der Waals surface area contributed by atoms with Crippen molar-refractivity contribution >= 4 is 6.09 Å². The highest BCUT2D eigenvalue weighted by Crippen LogP contribution is 2.35. The van der Waals surface area contributed by atoms with Crippen LogP contribution in [0.1, 0.15) is 60.3 Å². The van der Waals surface area contributed by atoms with Crippen LogP contribution in [-0.4, -0.2) is 17.7 Å². The molecule has 16 heavy (non-hydrogen) atoms. The van der Waals surface area contributed by atoms with Crippen molar-refractivity contribution in [1.29, 1.82) is 0 Å². The van der Waals surface area contributed by atoms with Gasteiger partial charge in [0, 0.05) is 6.04 Å². The average molecular weight is 227 g/mol. The van der Waals surface area contributed by atoms with Gasteiger partial charge in [0.05, 0.1) is 0 Å². The van der Waals surface area contributed by atoms with Gasteiger partial charge in [0.15, 0.2) is 0 Å². The molecule has 0 radical (unpaired) electrons. The number of amides is 1. The number of hydrogen-bond donors (Lipinski definition) is 1. The molecule has 0 spiro atoms. The second-order valence-corrected chi connectivity index (χ2v) is 6.58. The summed E-state index contributed by atoms with van der Waals surface area (Å²) in [5.74, 6) is 0. The van der Waals surface area contributed by atoms with Gasteiger partial charge in [0.2, 0.25) is 0 Å². The lowest BCUT2D eigenvalue weighted by Crippen LogP contribution is -2.41. The van der Waals surface area contributed by atoms with Gasteiger partial charge in [-0.15, -0.1) is 0 Å². The minimum Gasteiger partial charge on any atom is -0.444 e. The van der Waals surface area contributed by atoms with Crippen LogP contribution in [0, 0.1) is 5.41 Å². The summed E-state index contributed by atoms with van der Waals surface area (Å²) in [6.45, 7) is 10.2. The zero-order valence-electron chi connectivity index (χ0n) is 11.2. The standard InChI is InChI=1S/C13H25NO2/c1-12(2,3)16-11(15)14-10-6-8-13(4,5)9-7-10/h10H,6-9H2,1-5H3,(H,14,15). The first-order valence-electron chi connectivity index (χ1n) is 6.17. The normalized spacial score (nSPS) is 21.6. The molecule has 0 saturated heterocycles. The molecule has 1 aliphatic rings. The van der Waals surface area contributed by atoms with Crippen molar-refractivity contribution in [1.82, 2.24) is 5.32 Å². The summed E-state index contributed by atoms with van der Waals surface area (Å²) < 4.78 is 5.24. The van der Waals surface area contributed by atoms with E-state index in [1.54, 1.807) is 0 Å². The maximum atomic E-state index is 11.6. The van der Waals surface area contributed by atoms with Crippen LogP contribution in [-0.2, 0) is 4.74 Å². The number of carbonyl (C=O) groups excluding carboxylic acids is 1. The van der Waals surface area contributed by atoms with E-state index in [0.29, 0.717) is 11.5 Å². The Kier molecular flexibility index (Phi) is 3.87. The largest absolute Gasteiger partial charge is 0.444 e. The lowest BCUT2D eigenvalue weighted by atomic mass is 9.76. The fourth-order valence-corrected chi connectivity index (χ4v) is 2.02. The molecule has 0 unspecified atom stereocenters. The van der Waals surface area contributed by atoms with Crippen molar-refractivity contribution in [3.8, 4) is 0 Å². The number of ether oxygens (including phenoxy) is 1. The molecular formula is C13H25NO2. The van der Waals surface area contributed by atoms with Gasteiger partial charge in [-0.3, -0.25) is 0 Å². The van der Waals surface area contributed by atoms with Crippen molar-refractivity contribution in [2.45, 2.75) is 71.9 Å². The van der Waals surface area contributed by atoms with Gasteiger partial charge >= 0.3 is 6.09 Å². The van der Waals surface area contributed by atoms with Gasteiger partial charge in [0.1, 0.15) is 5.60 Å².